The van der Waals surface area contributed by atoms with Gasteiger partial charge in [0.1, 0.15) is 5.78 Å². The van der Waals surface area contributed by atoms with Gasteiger partial charge in [-0.15, -0.1) is 0 Å². The Morgan fingerprint density at radius 2 is 1.74 bits per heavy atom. The van der Waals surface area contributed by atoms with Crippen molar-refractivity contribution in [2.75, 3.05) is 32.7 Å². The number of piperidine rings is 2. The number of amides is 1. The van der Waals surface area contributed by atoms with Gasteiger partial charge in [0.15, 0.2) is 0 Å². The van der Waals surface area contributed by atoms with Crippen LogP contribution in [0.3, 0.4) is 0 Å². The van der Waals surface area contributed by atoms with Crippen LogP contribution in [-0.4, -0.2) is 54.2 Å². The summed E-state index contributed by atoms with van der Waals surface area (Å²) in [5.41, 5.74) is 0.469. The third kappa shape index (κ3) is 3.78. The summed E-state index contributed by atoms with van der Waals surface area (Å²) in [5, 5.41) is 0. The van der Waals surface area contributed by atoms with Crippen molar-refractivity contribution in [3.63, 3.8) is 0 Å². The molecule has 2 saturated heterocycles. The second-order valence-electron chi connectivity index (χ2n) is 6.36. The Bertz CT molecular complexity index is 336. The molecule has 108 valence electrons. The summed E-state index contributed by atoms with van der Waals surface area (Å²) >= 11 is 0. The number of hydrogen-bond acceptors (Lipinski definition) is 3. The van der Waals surface area contributed by atoms with Crippen molar-refractivity contribution in [2.45, 2.75) is 46.0 Å². The maximum absolute atomic E-state index is 12.2. The molecule has 0 saturated carbocycles. The van der Waals surface area contributed by atoms with Crippen LogP contribution < -0.4 is 0 Å². The van der Waals surface area contributed by atoms with E-state index in [2.05, 4.69) is 18.7 Å². The van der Waals surface area contributed by atoms with Crippen molar-refractivity contribution in [2.24, 2.45) is 5.41 Å². The minimum atomic E-state index is 0.201. The standard InChI is InChI=1S/C15H26N2O2/c1-3-15(2)6-10-16(11-7-15)12-14(19)17-8-4-13(18)5-9-17/h3-12H2,1-2H3. The van der Waals surface area contributed by atoms with E-state index < -0.39 is 0 Å². The smallest absolute Gasteiger partial charge is 0.236 e. The summed E-state index contributed by atoms with van der Waals surface area (Å²) in [6.45, 7) is 8.45. The first-order chi connectivity index (χ1) is 9.02. The first-order valence-electron chi connectivity index (χ1n) is 7.54. The Morgan fingerprint density at radius 3 is 2.26 bits per heavy atom. The van der Waals surface area contributed by atoms with Crippen molar-refractivity contribution in [1.82, 2.24) is 9.80 Å². The van der Waals surface area contributed by atoms with E-state index in [0.29, 0.717) is 43.7 Å². The number of nitrogens with zero attached hydrogens (tertiary/aromatic N) is 2. The van der Waals surface area contributed by atoms with Gasteiger partial charge >= 0.3 is 0 Å². The first kappa shape index (κ1) is 14.5. The molecule has 0 aromatic heterocycles. The predicted molar refractivity (Wildman–Crippen MR) is 74.9 cm³/mol. The zero-order chi connectivity index (χ0) is 13.9. The number of carbonyl (C=O) groups excluding carboxylic acids is 2. The van der Waals surface area contributed by atoms with E-state index in [0.717, 1.165) is 13.1 Å². The molecule has 1 amide bonds. The highest BCUT2D eigenvalue weighted by molar-refractivity contribution is 5.84. The lowest BCUT2D eigenvalue weighted by Gasteiger charge is -2.39. The molecular formula is C15H26N2O2. The predicted octanol–water partition coefficient (Wildman–Crippen LogP) is 1.69. The molecule has 2 aliphatic heterocycles. The summed E-state index contributed by atoms with van der Waals surface area (Å²) in [6, 6.07) is 0. The summed E-state index contributed by atoms with van der Waals surface area (Å²) in [4.78, 5) is 27.5. The lowest BCUT2D eigenvalue weighted by molar-refractivity contribution is -0.136. The Balaban J connectivity index is 1.76. The lowest BCUT2D eigenvalue weighted by atomic mass is 9.78. The normalized spacial score (nSPS) is 24.5. The largest absolute Gasteiger partial charge is 0.341 e. The van der Waals surface area contributed by atoms with E-state index in [9.17, 15) is 9.59 Å². The number of hydrogen-bond donors (Lipinski definition) is 0. The van der Waals surface area contributed by atoms with Gasteiger partial charge in [-0.3, -0.25) is 14.5 Å². The molecule has 19 heavy (non-hydrogen) atoms. The molecule has 0 aromatic rings. The van der Waals surface area contributed by atoms with E-state index in [1.165, 1.54) is 19.3 Å². The van der Waals surface area contributed by atoms with Gasteiger partial charge in [-0.1, -0.05) is 20.3 Å². The van der Waals surface area contributed by atoms with Crippen molar-refractivity contribution in [1.29, 1.82) is 0 Å². The number of likely N-dealkylation sites (tertiary alicyclic amines) is 2. The first-order valence-corrected chi connectivity index (χ1v) is 7.54. The Hall–Kier alpha value is -0.900. The van der Waals surface area contributed by atoms with Crippen LogP contribution in [0.2, 0.25) is 0 Å². The summed E-state index contributed by atoms with van der Waals surface area (Å²) in [5.74, 6) is 0.494. The van der Waals surface area contributed by atoms with Gasteiger partial charge in [-0.05, 0) is 31.3 Å². The second kappa shape index (κ2) is 6.04. The number of Topliss-reactive ketones (excluding diaryl/α,β-unsaturated/α-hetero) is 1. The van der Waals surface area contributed by atoms with Crippen LogP contribution in [0, 0.1) is 5.41 Å². The highest BCUT2D eigenvalue weighted by Gasteiger charge is 2.30. The average molecular weight is 266 g/mol. The SMILES string of the molecule is CCC1(C)CCN(CC(=O)N2CCC(=O)CC2)CC1. The van der Waals surface area contributed by atoms with Crippen LogP contribution >= 0.6 is 0 Å². The van der Waals surface area contributed by atoms with Gasteiger partial charge in [0.2, 0.25) is 5.91 Å². The van der Waals surface area contributed by atoms with Gasteiger partial charge in [-0.25, -0.2) is 0 Å². The monoisotopic (exact) mass is 266 g/mol. The fourth-order valence-electron chi connectivity index (χ4n) is 2.90. The van der Waals surface area contributed by atoms with Crippen molar-refractivity contribution < 1.29 is 9.59 Å². The van der Waals surface area contributed by atoms with E-state index in [-0.39, 0.29) is 5.91 Å². The van der Waals surface area contributed by atoms with Crippen LogP contribution in [0.5, 0.6) is 0 Å². The molecule has 0 bridgehead atoms. The van der Waals surface area contributed by atoms with Gasteiger partial charge in [0, 0.05) is 25.9 Å². The van der Waals surface area contributed by atoms with Gasteiger partial charge < -0.3 is 4.90 Å². The molecule has 0 aliphatic carbocycles. The van der Waals surface area contributed by atoms with E-state index >= 15 is 0 Å². The molecule has 2 fully saturated rings. The minimum Gasteiger partial charge on any atom is -0.341 e. The molecule has 0 unspecified atom stereocenters. The zero-order valence-corrected chi connectivity index (χ0v) is 12.3. The summed E-state index contributed by atoms with van der Waals surface area (Å²) < 4.78 is 0. The molecule has 4 heteroatoms. The van der Waals surface area contributed by atoms with Gasteiger partial charge in [0.05, 0.1) is 6.54 Å². The molecule has 0 atom stereocenters. The van der Waals surface area contributed by atoms with Crippen LogP contribution in [0.15, 0.2) is 0 Å². The molecule has 2 aliphatic rings. The summed E-state index contributed by atoms with van der Waals surface area (Å²) in [7, 11) is 0. The maximum atomic E-state index is 12.2. The third-order valence-electron chi connectivity index (χ3n) is 4.95. The van der Waals surface area contributed by atoms with E-state index in [1.807, 2.05) is 4.90 Å². The third-order valence-corrected chi connectivity index (χ3v) is 4.95. The van der Waals surface area contributed by atoms with Crippen molar-refractivity contribution in [3.8, 4) is 0 Å². The quantitative estimate of drug-likeness (QED) is 0.780. The van der Waals surface area contributed by atoms with Crippen LogP contribution in [0.1, 0.15) is 46.0 Å². The second-order valence-corrected chi connectivity index (χ2v) is 6.36. The van der Waals surface area contributed by atoms with Crippen LogP contribution in [-0.2, 0) is 9.59 Å². The molecule has 0 aromatic carbocycles. The van der Waals surface area contributed by atoms with Gasteiger partial charge in [0.25, 0.3) is 0 Å². The van der Waals surface area contributed by atoms with E-state index in [1.54, 1.807) is 0 Å². The zero-order valence-electron chi connectivity index (χ0n) is 12.3. The lowest BCUT2D eigenvalue weighted by Crippen LogP contribution is -2.47. The molecule has 0 N–H and O–H groups in total. The number of rotatable bonds is 3. The average Bonchev–Trinajstić information content (AvgIpc) is 2.42. The maximum Gasteiger partial charge on any atom is 0.236 e. The Kier molecular flexibility index (Phi) is 4.61. The number of carbonyl (C=O) groups is 2. The molecular weight excluding hydrogens is 240 g/mol. The summed E-state index contributed by atoms with van der Waals surface area (Å²) in [6.07, 6.45) is 4.69. The number of ketones is 1. The molecule has 0 radical (unpaired) electrons. The Morgan fingerprint density at radius 1 is 1.16 bits per heavy atom. The highest BCUT2D eigenvalue weighted by atomic mass is 16.2. The van der Waals surface area contributed by atoms with Crippen molar-refractivity contribution >= 4 is 11.7 Å². The fourth-order valence-corrected chi connectivity index (χ4v) is 2.90. The topological polar surface area (TPSA) is 40.6 Å². The van der Waals surface area contributed by atoms with Crippen LogP contribution in [0.4, 0.5) is 0 Å². The molecule has 2 rings (SSSR count). The highest BCUT2D eigenvalue weighted by Crippen LogP contribution is 2.33. The molecule has 0 spiro atoms. The molecule has 4 nitrogen and oxygen atoms in total. The Labute approximate surface area is 116 Å². The van der Waals surface area contributed by atoms with Crippen molar-refractivity contribution in [3.05, 3.63) is 0 Å². The van der Waals surface area contributed by atoms with E-state index in [4.69, 9.17) is 0 Å². The fraction of sp³-hybridized carbons (Fsp3) is 0.867. The van der Waals surface area contributed by atoms with Crippen LogP contribution in [0.25, 0.3) is 0 Å². The minimum absolute atomic E-state index is 0.201. The van der Waals surface area contributed by atoms with Gasteiger partial charge in [-0.2, -0.15) is 0 Å². The molecule has 2 heterocycles.